The molecule has 0 unspecified atom stereocenters. The van der Waals surface area contributed by atoms with Crippen molar-refractivity contribution in [2.24, 2.45) is 0 Å². The first-order valence-corrected chi connectivity index (χ1v) is 6.47. The lowest BCUT2D eigenvalue weighted by molar-refractivity contribution is -0.280. The van der Waals surface area contributed by atoms with Crippen LogP contribution in [0.1, 0.15) is 59.8 Å². The molecule has 0 amide bonds. The van der Waals surface area contributed by atoms with Crippen LogP contribution in [-0.4, -0.2) is 18.0 Å². The maximum atomic E-state index is 5.88. The third kappa shape index (κ3) is 3.81. The minimum absolute atomic E-state index is 0.240. The molecule has 1 rings (SSSR count). The van der Waals surface area contributed by atoms with Crippen LogP contribution in [0.3, 0.4) is 0 Å². The first-order chi connectivity index (χ1) is 7.62. The van der Waals surface area contributed by atoms with E-state index < -0.39 is 5.79 Å². The molecule has 0 spiro atoms. The SMILES string of the molecule is CCCCC#CC1(CC)O[C@H](C)C[C@@H](C)O1. The Morgan fingerprint density at radius 1 is 1.19 bits per heavy atom. The molecule has 2 atom stereocenters. The topological polar surface area (TPSA) is 18.5 Å². The number of hydrogen-bond acceptors (Lipinski definition) is 2. The van der Waals surface area contributed by atoms with Crippen molar-refractivity contribution in [3.63, 3.8) is 0 Å². The molecule has 0 saturated carbocycles. The van der Waals surface area contributed by atoms with Gasteiger partial charge in [0.25, 0.3) is 0 Å². The van der Waals surface area contributed by atoms with Crippen LogP contribution in [0.5, 0.6) is 0 Å². The summed E-state index contributed by atoms with van der Waals surface area (Å²) in [5.74, 6) is 5.73. The van der Waals surface area contributed by atoms with E-state index in [4.69, 9.17) is 9.47 Å². The highest BCUT2D eigenvalue weighted by atomic mass is 16.7. The maximum Gasteiger partial charge on any atom is 0.233 e. The van der Waals surface area contributed by atoms with E-state index in [9.17, 15) is 0 Å². The standard InChI is InChI=1S/C14H24O2/c1-5-7-8-9-10-14(6-2)15-12(3)11-13(4)16-14/h12-13H,5-8,11H2,1-4H3/t12-,13-/m1/s1. The molecule has 1 heterocycles. The van der Waals surface area contributed by atoms with Crippen molar-refractivity contribution in [2.45, 2.75) is 77.8 Å². The minimum Gasteiger partial charge on any atom is -0.337 e. The number of ether oxygens (including phenoxy) is 2. The highest BCUT2D eigenvalue weighted by Gasteiger charge is 2.37. The zero-order valence-corrected chi connectivity index (χ0v) is 11.0. The van der Waals surface area contributed by atoms with Crippen LogP contribution < -0.4 is 0 Å². The Balaban J connectivity index is 2.63. The second-order valence-electron chi connectivity index (χ2n) is 4.60. The predicted octanol–water partition coefficient (Wildman–Crippen LogP) is 3.50. The van der Waals surface area contributed by atoms with Crippen LogP contribution in [0.15, 0.2) is 0 Å². The molecule has 0 aromatic carbocycles. The Labute approximate surface area is 99.7 Å². The van der Waals surface area contributed by atoms with Crippen molar-refractivity contribution in [2.75, 3.05) is 0 Å². The fourth-order valence-corrected chi connectivity index (χ4v) is 2.02. The van der Waals surface area contributed by atoms with E-state index in [0.29, 0.717) is 0 Å². The normalized spacial score (nSPS) is 34.2. The Bertz CT molecular complexity index is 252. The van der Waals surface area contributed by atoms with E-state index in [0.717, 1.165) is 25.7 Å². The average molecular weight is 224 g/mol. The van der Waals surface area contributed by atoms with Crippen molar-refractivity contribution in [3.05, 3.63) is 0 Å². The van der Waals surface area contributed by atoms with Crippen LogP contribution in [0.25, 0.3) is 0 Å². The molecule has 1 aliphatic rings. The lowest BCUT2D eigenvalue weighted by atomic mass is 10.1. The summed E-state index contributed by atoms with van der Waals surface area (Å²) in [5.41, 5.74) is 0. The van der Waals surface area contributed by atoms with Gasteiger partial charge in [0.05, 0.1) is 12.2 Å². The Morgan fingerprint density at radius 3 is 2.31 bits per heavy atom. The first-order valence-electron chi connectivity index (χ1n) is 6.47. The lowest BCUT2D eigenvalue weighted by Gasteiger charge is -2.39. The Hall–Kier alpha value is -0.520. The van der Waals surface area contributed by atoms with E-state index in [-0.39, 0.29) is 12.2 Å². The van der Waals surface area contributed by atoms with Gasteiger partial charge in [-0.3, -0.25) is 0 Å². The third-order valence-electron chi connectivity index (χ3n) is 2.85. The molecular formula is C14H24O2. The molecule has 16 heavy (non-hydrogen) atoms. The molecule has 0 N–H and O–H groups in total. The van der Waals surface area contributed by atoms with Crippen LogP contribution in [0.4, 0.5) is 0 Å². The van der Waals surface area contributed by atoms with E-state index in [1.54, 1.807) is 0 Å². The highest BCUT2D eigenvalue weighted by Crippen LogP contribution is 2.29. The summed E-state index contributed by atoms with van der Waals surface area (Å²) >= 11 is 0. The van der Waals surface area contributed by atoms with Gasteiger partial charge in [-0.15, -0.1) is 0 Å². The summed E-state index contributed by atoms with van der Waals surface area (Å²) in [6.45, 7) is 8.43. The van der Waals surface area contributed by atoms with Gasteiger partial charge in [0, 0.05) is 12.8 Å². The minimum atomic E-state index is -0.648. The zero-order chi connectivity index (χ0) is 12.0. The second-order valence-corrected chi connectivity index (χ2v) is 4.60. The summed E-state index contributed by atoms with van der Waals surface area (Å²) in [6, 6.07) is 0. The van der Waals surface area contributed by atoms with Gasteiger partial charge < -0.3 is 9.47 Å². The van der Waals surface area contributed by atoms with Crippen LogP contribution in [0.2, 0.25) is 0 Å². The van der Waals surface area contributed by atoms with Crippen molar-refractivity contribution >= 4 is 0 Å². The number of rotatable bonds is 3. The van der Waals surface area contributed by atoms with Crippen LogP contribution in [-0.2, 0) is 9.47 Å². The molecule has 0 bridgehead atoms. The number of unbranched alkanes of at least 4 members (excludes halogenated alkanes) is 2. The highest BCUT2D eigenvalue weighted by molar-refractivity contribution is 5.11. The van der Waals surface area contributed by atoms with Gasteiger partial charge in [0.1, 0.15) is 0 Å². The Morgan fingerprint density at radius 2 is 1.81 bits per heavy atom. The fraction of sp³-hybridized carbons (Fsp3) is 0.857. The van der Waals surface area contributed by atoms with Gasteiger partial charge >= 0.3 is 0 Å². The summed E-state index contributed by atoms with van der Waals surface area (Å²) in [4.78, 5) is 0. The van der Waals surface area contributed by atoms with Gasteiger partial charge in [-0.25, -0.2) is 0 Å². The molecule has 2 nitrogen and oxygen atoms in total. The van der Waals surface area contributed by atoms with E-state index in [2.05, 4.69) is 39.5 Å². The van der Waals surface area contributed by atoms with Crippen molar-refractivity contribution < 1.29 is 9.47 Å². The van der Waals surface area contributed by atoms with E-state index in [1.165, 1.54) is 6.42 Å². The van der Waals surface area contributed by atoms with Crippen LogP contribution in [0, 0.1) is 11.8 Å². The van der Waals surface area contributed by atoms with Gasteiger partial charge in [0.2, 0.25) is 5.79 Å². The summed E-state index contributed by atoms with van der Waals surface area (Å²) < 4.78 is 11.8. The summed E-state index contributed by atoms with van der Waals surface area (Å²) in [7, 11) is 0. The molecule has 1 fully saturated rings. The van der Waals surface area contributed by atoms with E-state index >= 15 is 0 Å². The third-order valence-corrected chi connectivity index (χ3v) is 2.85. The summed E-state index contributed by atoms with van der Waals surface area (Å²) in [5, 5.41) is 0. The van der Waals surface area contributed by atoms with Crippen molar-refractivity contribution in [1.82, 2.24) is 0 Å². The molecule has 0 aromatic rings. The second kappa shape index (κ2) is 6.27. The maximum absolute atomic E-state index is 5.88. The smallest absolute Gasteiger partial charge is 0.233 e. The molecule has 2 heteroatoms. The monoisotopic (exact) mass is 224 g/mol. The molecule has 1 aliphatic heterocycles. The molecule has 0 radical (unpaired) electrons. The van der Waals surface area contributed by atoms with Gasteiger partial charge in [-0.1, -0.05) is 26.2 Å². The lowest BCUT2D eigenvalue weighted by Crippen LogP contribution is -2.45. The quantitative estimate of drug-likeness (QED) is 0.539. The molecule has 92 valence electrons. The Kier molecular flexibility index (Phi) is 5.31. The van der Waals surface area contributed by atoms with Crippen LogP contribution >= 0.6 is 0 Å². The van der Waals surface area contributed by atoms with E-state index in [1.807, 2.05) is 0 Å². The molecule has 1 saturated heterocycles. The average Bonchev–Trinajstić information content (AvgIpc) is 2.23. The molecule has 0 aromatic heterocycles. The van der Waals surface area contributed by atoms with Gasteiger partial charge in [-0.05, 0) is 32.6 Å². The number of hydrogen-bond donors (Lipinski definition) is 0. The summed E-state index contributed by atoms with van der Waals surface area (Å²) in [6.07, 6.45) is 5.50. The van der Waals surface area contributed by atoms with Gasteiger partial charge in [-0.2, -0.15) is 0 Å². The molecule has 0 aliphatic carbocycles. The predicted molar refractivity (Wildman–Crippen MR) is 66.0 cm³/mol. The fourth-order valence-electron chi connectivity index (χ4n) is 2.02. The largest absolute Gasteiger partial charge is 0.337 e. The first kappa shape index (κ1) is 13.5. The van der Waals surface area contributed by atoms with Gasteiger partial charge in [0.15, 0.2) is 0 Å². The molecular weight excluding hydrogens is 200 g/mol. The van der Waals surface area contributed by atoms with Crippen molar-refractivity contribution in [3.8, 4) is 11.8 Å². The van der Waals surface area contributed by atoms with Crippen molar-refractivity contribution in [1.29, 1.82) is 0 Å². The zero-order valence-electron chi connectivity index (χ0n) is 11.0.